The minimum Gasteiger partial charge on any atom is -0.454 e. The minimum atomic E-state index is -0.603. The van der Waals surface area contributed by atoms with E-state index in [-0.39, 0.29) is 12.7 Å². The minimum absolute atomic E-state index is 0.0904. The van der Waals surface area contributed by atoms with Crippen molar-refractivity contribution in [2.75, 3.05) is 31.7 Å². The Morgan fingerprint density at radius 2 is 2.14 bits per heavy atom. The quantitative estimate of drug-likeness (QED) is 0.853. The third-order valence-corrected chi connectivity index (χ3v) is 3.77. The first-order valence-corrected chi connectivity index (χ1v) is 7.22. The molecule has 0 radical (unpaired) electrons. The molecule has 2 heterocycles. The standard InChI is InChI=1S/C15H20N2O4/c1-2-5-15(19)8-17(9-15)7-14(18)16-11-3-4-12-13(6-11)21-10-20-12/h3-4,6,19H,2,5,7-10H2,1H3,(H,16,18). The number of carbonyl (C=O) groups is 1. The lowest BCUT2D eigenvalue weighted by atomic mass is 9.89. The molecule has 0 atom stereocenters. The van der Waals surface area contributed by atoms with Crippen LogP contribution in [0.4, 0.5) is 5.69 Å². The number of hydrogen-bond acceptors (Lipinski definition) is 5. The van der Waals surface area contributed by atoms with E-state index in [1.807, 2.05) is 11.8 Å². The molecule has 0 saturated carbocycles. The molecular weight excluding hydrogens is 272 g/mol. The summed E-state index contributed by atoms with van der Waals surface area (Å²) in [5.41, 5.74) is 0.0851. The van der Waals surface area contributed by atoms with Gasteiger partial charge in [-0.05, 0) is 18.6 Å². The van der Waals surface area contributed by atoms with E-state index in [0.717, 1.165) is 12.8 Å². The molecule has 2 aliphatic rings. The lowest BCUT2D eigenvalue weighted by Crippen LogP contribution is -2.62. The summed E-state index contributed by atoms with van der Waals surface area (Å²) in [5, 5.41) is 12.9. The Kier molecular flexibility index (Phi) is 3.73. The number of anilines is 1. The third-order valence-electron chi connectivity index (χ3n) is 3.77. The molecule has 0 aromatic heterocycles. The van der Waals surface area contributed by atoms with Crippen LogP contribution in [0.3, 0.4) is 0 Å². The van der Waals surface area contributed by atoms with Crippen molar-refractivity contribution in [3.8, 4) is 11.5 Å². The highest BCUT2D eigenvalue weighted by Crippen LogP contribution is 2.34. The molecule has 0 bridgehead atoms. The number of rotatable bonds is 5. The zero-order chi connectivity index (χ0) is 14.9. The highest BCUT2D eigenvalue weighted by molar-refractivity contribution is 5.92. The number of carbonyl (C=O) groups excluding carboxylic acids is 1. The van der Waals surface area contributed by atoms with Crippen molar-refractivity contribution in [1.82, 2.24) is 4.90 Å². The maximum Gasteiger partial charge on any atom is 0.238 e. The summed E-state index contributed by atoms with van der Waals surface area (Å²) in [6.45, 7) is 3.69. The monoisotopic (exact) mass is 292 g/mol. The fraction of sp³-hybridized carbons (Fsp3) is 0.533. The van der Waals surface area contributed by atoms with E-state index in [2.05, 4.69) is 5.32 Å². The molecule has 1 aromatic carbocycles. The van der Waals surface area contributed by atoms with Gasteiger partial charge in [0.15, 0.2) is 11.5 Å². The Labute approximate surface area is 123 Å². The summed E-state index contributed by atoms with van der Waals surface area (Å²) in [5.74, 6) is 1.25. The Bertz CT molecular complexity index is 540. The van der Waals surface area contributed by atoms with Crippen molar-refractivity contribution >= 4 is 11.6 Å². The van der Waals surface area contributed by atoms with E-state index >= 15 is 0 Å². The molecule has 6 nitrogen and oxygen atoms in total. The number of β-amino-alcohol motifs (C(OH)–C–C–N with tert-alkyl or cyclic N) is 1. The number of benzene rings is 1. The van der Waals surface area contributed by atoms with E-state index in [9.17, 15) is 9.90 Å². The van der Waals surface area contributed by atoms with Crippen molar-refractivity contribution in [1.29, 1.82) is 0 Å². The zero-order valence-electron chi connectivity index (χ0n) is 12.1. The molecule has 0 spiro atoms. The van der Waals surface area contributed by atoms with Gasteiger partial charge in [-0.2, -0.15) is 0 Å². The molecule has 2 aliphatic heterocycles. The molecule has 3 rings (SSSR count). The number of nitrogens with zero attached hydrogens (tertiary/aromatic N) is 1. The summed E-state index contributed by atoms with van der Waals surface area (Å²) in [6.07, 6.45) is 1.74. The molecule has 0 unspecified atom stereocenters. The second-order valence-corrected chi connectivity index (χ2v) is 5.74. The Hall–Kier alpha value is -1.79. The molecule has 1 aromatic rings. The molecule has 6 heteroatoms. The first-order valence-electron chi connectivity index (χ1n) is 7.22. The van der Waals surface area contributed by atoms with Gasteiger partial charge < -0.3 is 19.9 Å². The van der Waals surface area contributed by atoms with Crippen LogP contribution >= 0.6 is 0 Å². The van der Waals surface area contributed by atoms with E-state index in [1.54, 1.807) is 18.2 Å². The summed E-state index contributed by atoms with van der Waals surface area (Å²) in [7, 11) is 0. The van der Waals surface area contributed by atoms with Crippen molar-refractivity contribution in [3.05, 3.63) is 18.2 Å². The van der Waals surface area contributed by atoms with Crippen molar-refractivity contribution in [2.45, 2.75) is 25.4 Å². The number of nitrogens with one attached hydrogen (secondary N) is 1. The SMILES string of the molecule is CCCC1(O)CN(CC(=O)Nc2ccc3c(c2)OCO3)C1. The van der Waals surface area contributed by atoms with E-state index in [4.69, 9.17) is 9.47 Å². The Balaban J connectivity index is 1.49. The predicted octanol–water partition coefficient (Wildman–Crippen LogP) is 1.20. The highest BCUT2D eigenvalue weighted by Gasteiger charge is 2.40. The van der Waals surface area contributed by atoms with E-state index in [1.165, 1.54) is 0 Å². The lowest BCUT2D eigenvalue weighted by molar-refractivity contribution is -0.129. The molecule has 1 fully saturated rings. The number of aliphatic hydroxyl groups is 1. The average Bonchev–Trinajstić information content (AvgIpc) is 2.84. The van der Waals surface area contributed by atoms with Crippen molar-refractivity contribution in [2.24, 2.45) is 0 Å². The number of ether oxygens (including phenoxy) is 2. The Morgan fingerprint density at radius 3 is 2.90 bits per heavy atom. The fourth-order valence-corrected chi connectivity index (χ4v) is 2.90. The van der Waals surface area contributed by atoms with Gasteiger partial charge in [0, 0.05) is 24.8 Å². The number of fused-ring (bicyclic) bond motifs is 1. The van der Waals surface area contributed by atoms with Crippen molar-refractivity contribution < 1.29 is 19.4 Å². The average molecular weight is 292 g/mol. The predicted molar refractivity (Wildman–Crippen MR) is 77.5 cm³/mol. The van der Waals surface area contributed by atoms with Crippen LogP contribution in [0.15, 0.2) is 18.2 Å². The van der Waals surface area contributed by atoms with Crippen LogP contribution in [-0.4, -0.2) is 47.9 Å². The zero-order valence-corrected chi connectivity index (χ0v) is 12.1. The van der Waals surface area contributed by atoms with Gasteiger partial charge in [-0.25, -0.2) is 0 Å². The summed E-state index contributed by atoms with van der Waals surface area (Å²) >= 11 is 0. The van der Waals surface area contributed by atoms with Crippen LogP contribution in [0, 0.1) is 0 Å². The first-order chi connectivity index (χ1) is 10.1. The maximum absolute atomic E-state index is 12.0. The summed E-state index contributed by atoms with van der Waals surface area (Å²) < 4.78 is 10.5. The first kappa shape index (κ1) is 14.2. The molecule has 21 heavy (non-hydrogen) atoms. The summed E-state index contributed by atoms with van der Waals surface area (Å²) in [6, 6.07) is 5.32. The topological polar surface area (TPSA) is 71.0 Å². The van der Waals surface area contributed by atoms with Crippen LogP contribution in [0.2, 0.25) is 0 Å². The molecule has 2 N–H and O–H groups in total. The summed E-state index contributed by atoms with van der Waals surface area (Å²) in [4.78, 5) is 13.9. The Morgan fingerprint density at radius 1 is 1.38 bits per heavy atom. The molecular formula is C15H20N2O4. The van der Waals surface area contributed by atoms with Gasteiger partial charge in [0.05, 0.1) is 12.1 Å². The van der Waals surface area contributed by atoms with Crippen LogP contribution in [0.5, 0.6) is 11.5 Å². The van der Waals surface area contributed by atoms with Gasteiger partial charge in [0.25, 0.3) is 0 Å². The number of hydrogen-bond donors (Lipinski definition) is 2. The molecule has 1 amide bonds. The van der Waals surface area contributed by atoms with Gasteiger partial charge in [-0.15, -0.1) is 0 Å². The van der Waals surface area contributed by atoms with Gasteiger partial charge in [0.1, 0.15) is 0 Å². The van der Waals surface area contributed by atoms with Gasteiger partial charge in [0.2, 0.25) is 12.7 Å². The molecule has 0 aliphatic carbocycles. The smallest absolute Gasteiger partial charge is 0.238 e. The van der Waals surface area contributed by atoms with Crippen LogP contribution < -0.4 is 14.8 Å². The second-order valence-electron chi connectivity index (χ2n) is 5.74. The van der Waals surface area contributed by atoms with Gasteiger partial charge in [-0.1, -0.05) is 13.3 Å². The number of amides is 1. The maximum atomic E-state index is 12.0. The second kappa shape index (κ2) is 5.54. The molecule has 1 saturated heterocycles. The van der Waals surface area contributed by atoms with Gasteiger partial charge >= 0.3 is 0 Å². The van der Waals surface area contributed by atoms with Crippen molar-refractivity contribution in [3.63, 3.8) is 0 Å². The molecule has 114 valence electrons. The fourth-order valence-electron chi connectivity index (χ4n) is 2.90. The largest absolute Gasteiger partial charge is 0.454 e. The normalized spacial score (nSPS) is 19.1. The lowest BCUT2D eigenvalue weighted by Gasteiger charge is -2.46. The van der Waals surface area contributed by atoms with Crippen LogP contribution in [-0.2, 0) is 4.79 Å². The number of likely N-dealkylation sites (tertiary alicyclic amines) is 1. The van der Waals surface area contributed by atoms with Crippen LogP contribution in [0.1, 0.15) is 19.8 Å². The third kappa shape index (κ3) is 3.11. The van der Waals surface area contributed by atoms with E-state index in [0.29, 0.717) is 36.8 Å². The van der Waals surface area contributed by atoms with Gasteiger partial charge in [-0.3, -0.25) is 9.69 Å². The van der Waals surface area contributed by atoms with E-state index < -0.39 is 5.60 Å². The van der Waals surface area contributed by atoms with Crippen LogP contribution in [0.25, 0.3) is 0 Å². The highest BCUT2D eigenvalue weighted by atomic mass is 16.7.